The van der Waals surface area contributed by atoms with E-state index in [9.17, 15) is 0 Å². The highest BCUT2D eigenvalue weighted by molar-refractivity contribution is 6.02. The molecule has 1 aromatic carbocycles. The molecule has 80 valence electrons. The lowest BCUT2D eigenvalue weighted by atomic mass is 10.2. The molecule has 3 rings (SSSR count). The number of aliphatic imine (C=N–C) groups is 3. The van der Waals surface area contributed by atoms with Crippen LogP contribution in [0.1, 0.15) is 6.92 Å². The van der Waals surface area contributed by atoms with Crippen LogP contribution in [0.2, 0.25) is 0 Å². The number of hydrogen-bond acceptors (Lipinski definition) is 4. The van der Waals surface area contributed by atoms with Crippen LogP contribution >= 0.6 is 0 Å². The molecule has 2 atom stereocenters. The van der Waals surface area contributed by atoms with Gasteiger partial charge in [0.2, 0.25) is 0 Å². The van der Waals surface area contributed by atoms with Crippen molar-refractivity contribution in [3.8, 4) is 0 Å². The van der Waals surface area contributed by atoms with Crippen molar-refractivity contribution in [2.24, 2.45) is 15.0 Å². The largest absolute Gasteiger partial charge is 0.305 e. The summed E-state index contributed by atoms with van der Waals surface area (Å²) in [6.45, 7) is 2.01. The van der Waals surface area contributed by atoms with Crippen LogP contribution in [0.25, 0.3) is 0 Å². The summed E-state index contributed by atoms with van der Waals surface area (Å²) in [6.07, 6.45) is 3.50. The van der Waals surface area contributed by atoms with E-state index in [1.165, 1.54) is 0 Å². The molecule has 0 spiro atoms. The van der Waals surface area contributed by atoms with Gasteiger partial charge in [0.25, 0.3) is 0 Å². The zero-order chi connectivity index (χ0) is 11.0. The SMILES string of the molecule is CC1=NC2C=NC=NC2N1c1ccccc1. The molecule has 2 heterocycles. The fourth-order valence-corrected chi connectivity index (χ4v) is 2.12. The molecule has 1 aromatic rings. The van der Waals surface area contributed by atoms with Gasteiger partial charge < -0.3 is 4.90 Å². The first-order valence-electron chi connectivity index (χ1n) is 5.30. The lowest BCUT2D eigenvalue weighted by Crippen LogP contribution is -2.39. The van der Waals surface area contributed by atoms with Crippen molar-refractivity contribution in [1.82, 2.24) is 0 Å². The van der Waals surface area contributed by atoms with Gasteiger partial charge in [-0.15, -0.1) is 0 Å². The minimum absolute atomic E-state index is 0.0416. The summed E-state index contributed by atoms with van der Waals surface area (Å²) in [7, 11) is 0. The summed E-state index contributed by atoms with van der Waals surface area (Å²) in [5, 5.41) is 0. The number of anilines is 1. The molecule has 0 amide bonds. The average Bonchev–Trinajstić information content (AvgIpc) is 2.66. The predicted molar refractivity (Wildman–Crippen MR) is 66.6 cm³/mol. The smallest absolute Gasteiger partial charge is 0.155 e. The van der Waals surface area contributed by atoms with Crippen molar-refractivity contribution >= 4 is 24.1 Å². The highest BCUT2D eigenvalue weighted by atomic mass is 15.4. The van der Waals surface area contributed by atoms with Crippen LogP contribution in [0.3, 0.4) is 0 Å². The third-order valence-electron chi connectivity index (χ3n) is 2.81. The number of benzene rings is 1. The Morgan fingerprint density at radius 3 is 2.81 bits per heavy atom. The molecule has 16 heavy (non-hydrogen) atoms. The molecule has 0 aliphatic carbocycles. The van der Waals surface area contributed by atoms with E-state index in [4.69, 9.17) is 0 Å². The molecule has 0 saturated heterocycles. The van der Waals surface area contributed by atoms with E-state index in [0.717, 1.165) is 11.5 Å². The van der Waals surface area contributed by atoms with Crippen LogP contribution in [-0.2, 0) is 0 Å². The molecule has 0 bridgehead atoms. The summed E-state index contributed by atoms with van der Waals surface area (Å²) in [4.78, 5) is 15.1. The van der Waals surface area contributed by atoms with E-state index >= 15 is 0 Å². The summed E-state index contributed by atoms with van der Waals surface area (Å²) >= 11 is 0. The van der Waals surface area contributed by atoms with Gasteiger partial charge in [0.1, 0.15) is 18.2 Å². The second-order valence-corrected chi connectivity index (χ2v) is 3.85. The monoisotopic (exact) mass is 212 g/mol. The Morgan fingerprint density at radius 1 is 1.19 bits per heavy atom. The van der Waals surface area contributed by atoms with Crippen molar-refractivity contribution in [3.63, 3.8) is 0 Å². The molecule has 0 radical (unpaired) electrons. The Hall–Kier alpha value is -1.97. The van der Waals surface area contributed by atoms with Gasteiger partial charge in [-0.2, -0.15) is 0 Å². The highest BCUT2D eigenvalue weighted by Gasteiger charge is 2.34. The minimum atomic E-state index is 0.0416. The maximum atomic E-state index is 4.55. The van der Waals surface area contributed by atoms with Crippen LogP contribution < -0.4 is 4.90 Å². The number of para-hydroxylation sites is 1. The van der Waals surface area contributed by atoms with Gasteiger partial charge in [-0.05, 0) is 19.1 Å². The molecule has 2 aliphatic rings. The fraction of sp³-hybridized carbons (Fsp3) is 0.250. The second-order valence-electron chi connectivity index (χ2n) is 3.85. The molecule has 2 unspecified atom stereocenters. The maximum Gasteiger partial charge on any atom is 0.155 e. The standard InChI is InChI=1S/C12H12N4/c1-9-15-11-7-13-8-14-12(11)16(9)10-5-3-2-4-6-10/h2-8,11-12H,1H3. The first-order chi connectivity index (χ1) is 7.86. The van der Waals surface area contributed by atoms with Crippen LogP contribution in [0.4, 0.5) is 5.69 Å². The molecule has 0 saturated carbocycles. The summed E-state index contributed by atoms with van der Waals surface area (Å²) in [5.41, 5.74) is 1.13. The third-order valence-corrected chi connectivity index (χ3v) is 2.81. The Morgan fingerprint density at radius 2 is 2.00 bits per heavy atom. The molecular weight excluding hydrogens is 200 g/mol. The number of fused-ring (bicyclic) bond motifs is 1. The first-order valence-corrected chi connectivity index (χ1v) is 5.30. The fourth-order valence-electron chi connectivity index (χ4n) is 2.12. The molecule has 2 aliphatic heterocycles. The van der Waals surface area contributed by atoms with E-state index < -0.39 is 0 Å². The van der Waals surface area contributed by atoms with Gasteiger partial charge in [-0.3, -0.25) is 4.99 Å². The van der Waals surface area contributed by atoms with Gasteiger partial charge in [0.15, 0.2) is 6.17 Å². The molecule has 4 heteroatoms. The van der Waals surface area contributed by atoms with E-state index in [-0.39, 0.29) is 12.2 Å². The number of nitrogens with zero attached hydrogens (tertiary/aromatic N) is 4. The summed E-state index contributed by atoms with van der Waals surface area (Å²) in [6, 6.07) is 10.3. The van der Waals surface area contributed by atoms with Crippen LogP contribution in [0, 0.1) is 0 Å². The Kier molecular flexibility index (Phi) is 2.06. The Labute approximate surface area is 94.1 Å². The zero-order valence-corrected chi connectivity index (χ0v) is 8.99. The Bertz CT molecular complexity index is 475. The number of amidine groups is 1. The highest BCUT2D eigenvalue weighted by Crippen LogP contribution is 2.26. The van der Waals surface area contributed by atoms with E-state index in [1.807, 2.05) is 31.3 Å². The van der Waals surface area contributed by atoms with Gasteiger partial charge >= 0.3 is 0 Å². The van der Waals surface area contributed by atoms with Crippen molar-refractivity contribution < 1.29 is 0 Å². The molecule has 0 aromatic heterocycles. The Balaban J connectivity index is 2.00. The lowest BCUT2D eigenvalue weighted by molar-refractivity contribution is 0.688. The van der Waals surface area contributed by atoms with Crippen LogP contribution in [0.15, 0.2) is 45.3 Å². The molecule has 4 nitrogen and oxygen atoms in total. The molecular formula is C12H12N4. The van der Waals surface area contributed by atoms with Gasteiger partial charge in [-0.1, -0.05) is 18.2 Å². The second kappa shape index (κ2) is 3.56. The molecule has 0 fully saturated rings. The van der Waals surface area contributed by atoms with E-state index in [1.54, 1.807) is 6.34 Å². The predicted octanol–water partition coefficient (Wildman–Crippen LogP) is 1.73. The topological polar surface area (TPSA) is 40.3 Å². The maximum absolute atomic E-state index is 4.55. The van der Waals surface area contributed by atoms with Gasteiger partial charge in [0.05, 0.1) is 0 Å². The van der Waals surface area contributed by atoms with Gasteiger partial charge in [0, 0.05) is 11.9 Å². The van der Waals surface area contributed by atoms with Crippen molar-refractivity contribution in [2.45, 2.75) is 19.1 Å². The number of rotatable bonds is 1. The summed E-state index contributed by atoms with van der Waals surface area (Å²) < 4.78 is 0. The normalized spacial score (nSPS) is 26.8. The van der Waals surface area contributed by atoms with Crippen molar-refractivity contribution in [2.75, 3.05) is 4.90 Å². The summed E-state index contributed by atoms with van der Waals surface area (Å²) in [5.74, 6) is 0.992. The first kappa shape index (κ1) is 9.27. The number of hydrogen-bond donors (Lipinski definition) is 0. The average molecular weight is 212 g/mol. The van der Waals surface area contributed by atoms with E-state index in [2.05, 4.69) is 32.0 Å². The van der Waals surface area contributed by atoms with Gasteiger partial charge in [-0.25, -0.2) is 9.98 Å². The van der Waals surface area contributed by atoms with Crippen LogP contribution in [-0.4, -0.2) is 30.6 Å². The minimum Gasteiger partial charge on any atom is -0.305 e. The zero-order valence-electron chi connectivity index (χ0n) is 8.99. The third kappa shape index (κ3) is 1.34. The molecule has 0 N–H and O–H groups in total. The van der Waals surface area contributed by atoms with Crippen molar-refractivity contribution in [1.29, 1.82) is 0 Å². The van der Waals surface area contributed by atoms with E-state index in [0.29, 0.717) is 0 Å². The van der Waals surface area contributed by atoms with Crippen LogP contribution in [0.5, 0.6) is 0 Å². The van der Waals surface area contributed by atoms with Crippen molar-refractivity contribution in [3.05, 3.63) is 30.3 Å². The lowest BCUT2D eigenvalue weighted by Gasteiger charge is -2.26. The quantitative estimate of drug-likeness (QED) is 0.698.